The van der Waals surface area contributed by atoms with Crippen molar-refractivity contribution in [2.24, 2.45) is 5.92 Å². The first-order chi connectivity index (χ1) is 7.56. The van der Waals surface area contributed by atoms with E-state index in [1.807, 2.05) is 0 Å². The first-order valence-electron chi connectivity index (χ1n) is 5.32. The van der Waals surface area contributed by atoms with E-state index in [9.17, 15) is 4.79 Å². The van der Waals surface area contributed by atoms with Crippen molar-refractivity contribution in [3.8, 4) is 0 Å². The van der Waals surface area contributed by atoms with Crippen molar-refractivity contribution in [2.75, 3.05) is 0 Å². The molecule has 2 nitrogen and oxygen atoms in total. The molecule has 2 rings (SSSR count). The lowest BCUT2D eigenvalue weighted by Gasteiger charge is -2.33. The summed E-state index contributed by atoms with van der Waals surface area (Å²) in [4.78, 5) is 11.8. The Kier molecular flexibility index (Phi) is 3.55. The van der Waals surface area contributed by atoms with Gasteiger partial charge in [0.15, 0.2) is 0 Å². The molecule has 1 amide bonds. The maximum Gasteiger partial charge on any atom is 0.251 e. The quantitative estimate of drug-likeness (QED) is 0.888. The molecule has 4 heteroatoms. The van der Waals surface area contributed by atoms with E-state index in [-0.39, 0.29) is 5.91 Å². The average molecular weight is 303 g/mol. The topological polar surface area (TPSA) is 29.1 Å². The molecule has 1 saturated carbocycles. The number of hydrogen-bond acceptors (Lipinski definition) is 1. The van der Waals surface area contributed by atoms with Gasteiger partial charge in [-0.3, -0.25) is 4.79 Å². The van der Waals surface area contributed by atoms with E-state index in [1.54, 1.807) is 18.2 Å². The van der Waals surface area contributed by atoms with E-state index >= 15 is 0 Å². The first kappa shape index (κ1) is 11.9. The SMILES string of the molecule is CC1CC(NC(=O)c2ccc(Br)c(Cl)c2)C1. The van der Waals surface area contributed by atoms with E-state index in [2.05, 4.69) is 28.2 Å². The highest BCUT2D eigenvalue weighted by atomic mass is 79.9. The molecule has 1 aliphatic carbocycles. The van der Waals surface area contributed by atoms with Crippen LogP contribution in [0.3, 0.4) is 0 Å². The van der Waals surface area contributed by atoms with Crippen molar-refractivity contribution in [1.29, 1.82) is 0 Å². The van der Waals surface area contributed by atoms with Crippen LogP contribution < -0.4 is 5.32 Å². The Labute approximate surface area is 108 Å². The number of hydrogen-bond donors (Lipinski definition) is 1. The number of halogens is 2. The van der Waals surface area contributed by atoms with Gasteiger partial charge in [0.2, 0.25) is 0 Å². The second kappa shape index (κ2) is 4.76. The Morgan fingerprint density at radius 2 is 2.19 bits per heavy atom. The van der Waals surface area contributed by atoms with Crippen LogP contribution in [0.2, 0.25) is 5.02 Å². The van der Waals surface area contributed by atoms with Crippen LogP contribution in [0.1, 0.15) is 30.1 Å². The third-order valence-electron chi connectivity index (χ3n) is 2.89. The molecule has 86 valence electrons. The van der Waals surface area contributed by atoms with Crippen molar-refractivity contribution in [3.63, 3.8) is 0 Å². The normalized spacial score (nSPS) is 23.7. The largest absolute Gasteiger partial charge is 0.349 e. The van der Waals surface area contributed by atoms with E-state index < -0.39 is 0 Å². The summed E-state index contributed by atoms with van der Waals surface area (Å²) in [5, 5.41) is 3.56. The molecule has 0 radical (unpaired) electrons. The Morgan fingerprint density at radius 3 is 2.75 bits per heavy atom. The lowest BCUT2D eigenvalue weighted by atomic mass is 9.82. The van der Waals surface area contributed by atoms with Crippen molar-refractivity contribution >= 4 is 33.4 Å². The number of carbonyl (C=O) groups is 1. The average Bonchev–Trinajstić information content (AvgIpc) is 2.19. The van der Waals surface area contributed by atoms with Gasteiger partial charge in [0.25, 0.3) is 5.91 Å². The van der Waals surface area contributed by atoms with Gasteiger partial charge >= 0.3 is 0 Å². The van der Waals surface area contributed by atoms with Gasteiger partial charge in [-0.15, -0.1) is 0 Å². The standard InChI is InChI=1S/C12H13BrClNO/c1-7-4-9(5-7)15-12(16)8-2-3-10(13)11(14)6-8/h2-3,6-7,9H,4-5H2,1H3,(H,15,16). The third kappa shape index (κ3) is 2.58. The molecule has 1 aliphatic rings. The minimum absolute atomic E-state index is 0.0358. The summed E-state index contributed by atoms with van der Waals surface area (Å²) in [6.07, 6.45) is 2.16. The van der Waals surface area contributed by atoms with Gasteiger partial charge in [0.1, 0.15) is 0 Å². The summed E-state index contributed by atoms with van der Waals surface area (Å²) in [5.74, 6) is 0.699. The molecular weight excluding hydrogens is 289 g/mol. The fourth-order valence-electron chi connectivity index (χ4n) is 1.93. The summed E-state index contributed by atoms with van der Waals surface area (Å²) in [7, 11) is 0. The van der Waals surface area contributed by atoms with Crippen LogP contribution in [-0.2, 0) is 0 Å². The summed E-state index contributed by atoms with van der Waals surface area (Å²) < 4.78 is 0.808. The van der Waals surface area contributed by atoms with Gasteiger partial charge in [0, 0.05) is 16.1 Å². The molecule has 1 fully saturated rings. The highest BCUT2D eigenvalue weighted by molar-refractivity contribution is 9.10. The molecule has 0 bridgehead atoms. The van der Waals surface area contributed by atoms with Crippen molar-refractivity contribution in [3.05, 3.63) is 33.3 Å². The van der Waals surface area contributed by atoms with Crippen molar-refractivity contribution in [2.45, 2.75) is 25.8 Å². The molecule has 0 aromatic heterocycles. The summed E-state index contributed by atoms with van der Waals surface area (Å²) >= 11 is 9.24. The molecule has 1 N–H and O–H groups in total. The second-order valence-corrected chi connectivity index (χ2v) is 5.64. The maximum absolute atomic E-state index is 11.8. The fraction of sp³-hybridized carbons (Fsp3) is 0.417. The fourth-order valence-corrected chi connectivity index (χ4v) is 2.35. The molecule has 1 aromatic rings. The zero-order chi connectivity index (χ0) is 11.7. The van der Waals surface area contributed by atoms with Crippen LogP contribution in [0.4, 0.5) is 0 Å². The molecule has 0 unspecified atom stereocenters. The number of rotatable bonds is 2. The highest BCUT2D eigenvalue weighted by Crippen LogP contribution is 2.27. The van der Waals surface area contributed by atoms with Crippen LogP contribution in [0.25, 0.3) is 0 Å². The smallest absolute Gasteiger partial charge is 0.251 e. The van der Waals surface area contributed by atoms with Crippen LogP contribution in [0.15, 0.2) is 22.7 Å². The Bertz CT molecular complexity index is 415. The predicted molar refractivity (Wildman–Crippen MR) is 68.8 cm³/mol. The van der Waals surface area contributed by atoms with Crippen LogP contribution in [0.5, 0.6) is 0 Å². The van der Waals surface area contributed by atoms with Gasteiger partial charge < -0.3 is 5.32 Å². The summed E-state index contributed by atoms with van der Waals surface area (Å²) in [6, 6.07) is 5.59. The van der Waals surface area contributed by atoms with E-state index in [0.717, 1.165) is 23.2 Å². The lowest BCUT2D eigenvalue weighted by molar-refractivity contribution is 0.0896. The molecule has 1 aromatic carbocycles. The highest BCUT2D eigenvalue weighted by Gasteiger charge is 2.26. The molecule has 16 heavy (non-hydrogen) atoms. The summed E-state index contributed by atoms with van der Waals surface area (Å²) in [5.41, 5.74) is 0.618. The van der Waals surface area contributed by atoms with Gasteiger partial charge in [-0.1, -0.05) is 18.5 Å². The number of carbonyl (C=O) groups excluding carboxylic acids is 1. The number of nitrogens with one attached hydrogen (secondary N) is 1. The zero-order valence-corrected chi connectivity index (χ0v) is 11.3. The molecule has 0 aliphatic heterocycles. The van der Waals surface area contributed by atoms with Gasteiger partial charge in [-0.2, -0.15) is 0 Å². The Balaban J connectivity index is 2.01. The van der Waals surface area contributed by atoms with Crippen LogP contribution in [-0.4, -0.2) is 11.9 Å². The van der Waals surface area contributed by atoms with Crippen molar-refractivity contribution in [1.82, 2.24) is 5.32 Å². The molecule has 0 atom stereocenters. The van der Waals surface area contributed by atoms with E-state index in [0.29, 0.717) is 16.6 Å². The van der Waals surface area contributed by atoms with E-state index in [4.69, 9.17) is 11.6 Å². The third-order valence-corrected chi connectivity index (χ3v) is 4.12. The summed E-state index contributed by atoms with van der Waals surface area (Å²) in [6.45, 7) is 2.19. The molecular formula is C12H13BrClNO. The number of amides is 1. The monoisotopic (exact) mass is 301 g/mol. The Morgan fingerprint density at radius 1 is 1.50 bits per heavy atom. The molecule has 0 heterocycles. The minimum Gasteiger partial charge on any atom is -0.349 e. The predicted octanol–water partition coefficient (Wildman–Crippen LogP) is 3.63. The van der Waals surface area contributed by atoms with Crippen LogP contribution in [0, 0.1) is 5.92 Å². The van der Waals surface area contributed by atoms with Gasteiger partial charge in [-0.25, -0.2) is 0 Å². The first-order valence-corrected chi connectivity index (χ1v) is 6.49. The lowest BCUT2D eigenvalue weighted by Crippen LogP contribution is -2.43. The number of benzene rings is 1. The minimum atomic E-state index is -0.0358. The molecule has 0 saturated heterocycles. The van der Waals surface area contributed by atoms with Gasteiger partial charge in [0.05, 0.1) is 5.02 Å². The zero-order valence-electron chi connectivity index (χ0n) is 8.97. The van der Waals surface area contributed by atoms with E-state index in [1.165, 1.54) is 0 Å². The van der Waals surface area contributed by atoms with Crippen LogP contribution >= 0.6 is 27.5 Å². The second-order valence-electron chi connectivity index (χ2n) is 4.38. The van der Waals surface area contributed by atoms with Gasteiger partial charge in [-0.05, 0) is 52.9 Å². The maximum atomic E-state index is 11.8. The molecule has 0 spiro atoms. The Hall–Kier alpha value is -0.540. The van der Waals surface area contributed by atoms with Crippen molar-refractivity contribution < 1.29 is 4.79 Å².